The van der Waals surface area contributed by atoms with Crippen LogP contribution in [0.3, 0.4) is 0 Å². The van der Waals surface area contributed by atoms with Crippen LogP contribution >= 0.6 is 0 Å². The van der Waals surface area contributed by atoms with E-state index in [9.17, 15) is 4.79 Å². The summed E-state index contributed by atoms with van der Waals surface area (Å²) in [5, 5.41) is 11.1. The first-order valence-corrected chi connectivity index (χ1v) is 8.20. The number of methoxy groups -OCH3 is 1. The van der Waals surface area contributed by atoms with E-state index in [1.165, 1.54) is 0 Å². The molecule has 1 atom stereocenters. The number of piperidine rings is 1. The summed E-state index contributed by atoms with van der Waals surface area (Å²) in [7, 11) is 3.55. The molecule has 0 unspecified atom stereocenters. The number of carbonyl (C=O) groups excluding carboxylic acids is 1. The second-order valence-corrected chi connectivity index (χ2v) is 6.02. The summed E-state index contributed by atoms with van der Waals surface area (Å²) < 4.78 is 7.10. The Morgan fingerprint density at radius 3 is 3.04 bits per heavy atom. The van der Waals surface area contributed by atoms with Gasteiger partial charge in [-0.1, -0.05) is 12.1 Å². The molecule has 24 heavy (non-hydrogen) atoms. The predicted molar refractivity (Wildman–Crippen MR) is 89.5 cm³/mol. The van der Waals surface area contributed by atoms with Crippen molar-refractivity contribution in [2.24, 2.45) is 7.05 Å². The summed E-state index contributed by atoms with van der Waals surface area (Å²) >= 11 is 0. The SMILES string of the molecule is COc1cccc(CNC(=O)N2CCCC[C@H]2c2nncn2C)c1. The summed E-state index contributed by atoms with van der Waals surface area (Å²) in [5.41, 5.74) is 1.01. The lowest BCUT2D eigenvalue weighted by Crippen LogP contribution is -2.45. The number of hydrogen-bond donors (Lipinski definition) is 1. The molecule has 1 aromatic heterocycles. The Morgan fingerprint density at radius 1 is 1.42 bits per heavy atom. The fraction of sp³-hybridized carbons (Fsp3) is 0.471. The zero-order chi connectivity index (χ0) is 16.9. The van der Waals surface area contributed by atoms with Crippen molar-refractivity contribution in [2.45, 2.75) is 31.8 Å². The highest BCUT2D eigenvalue weighted by molar-refractivity contribution is 5.74. The van der Waals surface area contributed by atoms with Crippen LogP contribution in [0.2, 0.25) is 0 Å². The molecule has 1 aromatic carbocycles. The number of aromatic nitrogens is 3. The van der Waals surface area contributed by atoms with E-state index in [2.05, 4.69) is 15.5 Å². The van der Waals surface area contributed by atoms with Crippen LogP contribution in [0.1, 0.15) is 36.7 Å². The largest absolute Gasteiger partial charge is 0.497 e. The van der Waals surface area contributed by atoms with Crippen LogP contribution in [-0.4, -0.2) is 39.4 Å². The van der Waals surface area contributed by atoms with Gasteiger partial charge < -0.3 is 19.5 Å². The van der Waals surface area contributed by atoms with E-state index in [1.807, 2.05) is 40.8 Å². The van der Waals surface area contributed by atoms with E-state index < -0.39 is 0 Å². The van der Waals surface area contributed by atoms with E-state index >= 15 is 0 Å². The molecule has 1 aliphatic rings. The summed E-state index contributed by atoms with van der Waals surface area (Å²) in [6.07, 6.45) is 4.70. The Labute approximate surface area is 141 Å². The van der Waals surface area contributed by atoms with Crippen LogP contribution in [0.5, 0.6) is 5.75 Å². The molecular formula is C17H23N5O2. The average molecular weight is 329 g/mol. The monoisotopic (exact) mass is 329 g/mol. The van der Waals surface area contributed by atoms with Gasteiger partial charge in [-0.05, 0) is 37.0 Å². The molecule has 128 valence electrons. The van der Waals surface area contributed by atoms with Crippen LogP contribution in [0.4, 0.5) is 4.79 Å². The summed E-state index contributed by atoms with van der Waals surface area (Å²) in [6.45, 7) is 1.21. The minimum absolute atomic E-state index is 0.0171. The Kier molecular flexibility index (Phi) is 4.98. The Hall–Kier alpha value is -2.57. The number of hydrogen-bond acceptors (Lipinski definition) is 4. The molecule has 1 saturated heterocycles. The third-order valence-electron chi connectivity index (χ3n) is 4.39. The van der Waals surface area contributed by atoms with Gasteiger partial charge in [0.05, 0.1) is 13.2 Å². The maximum atomic E-state index is 12.7. The van der Waals surface area contributed by atoms with Gasteiger partial charge in [0, 0.05) is 20.1 Å². The molecular weight excluding hydrogens is 306 g/mol. The van der Waals surface area contributed by atoms with Crippen molar-refractivity contribution in [2.75, 3.05) is 13.7 Å². The fourth-order valence-electron chi connectivity index (χ4n) is 3.10. The van der Waals surface area contributed by atoms with Gasteiger partial charge >= 0.3 is 6.03 Å². The van der Waals surface area contributed by atoms with E-state index in [-0.39, 0.29) is 12.1 Å². The lowest BCUT2D eigenvalue weighted by Gasteiger charge is -2.34. The zero-order valence-corrected chi connectivity index (χ0v) is 14.1. The first kappa shape index (κ1) is 16.3. The molecule has 2 heterocycles. The van der Waals surface area contributed by atoms with Crippen molar-refractivity contribution >= 4 is 6.03 Å². The van der Waals surface area contributed by atoms with Crippen molar-refractivity contribution in [1.29, 1.82) is 0 Å². The minimum Gasteiger partial charge on any atom is -0.497 e. The molecule has 0 saturated carbocycles. The maximum Gasteiger partial charge on any atom is 0.318 e. The first-order chi connectivity index (χ1) is 11.7. The van der Waals surface area contributed by atoms with Crippen LogP contribution in [0.15, 0.2) is 30.6 Å². The number of benzene rings is 1. The molecule has 1 N–H and O–H groups in total. The summed E-state index contributed by atoms with van der Waals surface area (Å²) in [6, 6.07) is 7.63. The first-order valence-electron chi connectivity index (χ1n) is 8.20. The van der Waals surface area contributed by atoms with Gasteiger partial charge in [-0.15, -0.1) is 10.2 Å². The van der Waals surface area contributed by atoms with Gasteiger partial charge in [0.15, 0.2) is 5.82 Å². The quantitative estimate of drug-likeness (QED) is 0.934. The molecule has 0 spiro atoms. The van der Waals surface area contributed by atoms with Crippen molar-refractivity contribution < 1.29 is 9.53 Å². The van der Waals surface area contributed by atoms with Crippen LogP contribution in [0.25, 0.3) is 0 Å². The van der Waals surface area contributed by atoms with Gasteiger partial charge in [0.1, 0.15) is 12.1 Å². The van der Waals surface area contributed by atoms with Crippen LogP contribution in [-0.2, 0) is 13.6 Å². The highest BCUT2D eigenvalue weighted by Gasteiger charge is 2.30. The topological polar surface area (TPSA) is 72.3 Å². The lowest BCUT2D eigenvalue weighted by atomic mass is 10.0. The van der Waals surface area contributed by atoms with Gasteiger partial charge in [0.25, 0.3) is 0 Å². The van der Waals surface area contributed by atoms with Crippen molar-refractivity contribution in [3.8, 4) is 5.75 Å². The predicted octanol–water partition coefficient (Wildman–Crippen LogP) is 2.26. The maximum absolute atomic E-state index is 12.7. The Bertz CT molecular complexity index is 700. The number of ether oxygens (including phenoxy) is 1. The smallest absolute Gasteiger partial charge is 0.318 e. The Balaban J connectivity index is 1.67. The molecule has 1 fully saturated rings. The van der Waals surface area contributed by atoms with Gasteiger partial charge in [-0.3, -0.25) is 0 Å². The molecule has 1 aliphatic heterocycles. The van der Waals surface area contributed by atoms with Crippen molar-refractivity contribution in [1.82, 2.24) is 25.0 Å². The van der Waals surface area contributed by atoms with Crippen LogP contribution < -0.4 is 10.1 Å². The molecule has 2 aromatic rings. The highest BCUT2D eigenvalue weighted by atomic mass is 16.5. The average Bonchev–Trinajstić information content (AvgIpc) is 3.05. The number of urea groups is 1. The summed E-state index contributed by atoms with van der Waals surface area (Å²) in [4.78, 5) is 14.5. The third kappa shape index (κ3) is 3.50. The second kappa shape index (κ2) is 7.33. The van der Waals surface area contributed by atoms with Crippen molar-refractivity contribution in [3.63, 3.8) is 0 Å². The van der Waals surface area contributed by atoms with Crippen molar-refractivity contribution in [3.05, 3.63) is 42.0 Å². The molecule has 0 bridgehead atoms. The number of carbonyl (C=O) groups is 1. The standard InChI is InChI=1S/C17H23N5O2/c1-21-12-19-20-16(21)15-8-3-4-9-22(15)17(23)18-11-13-6-5-7-14(10-13)24-2/h5-7,10,12,15H,3-4,8-9,11H2,1-2H3,(H,18,23)/t15-/m0/s1. The number of likely N-dealkylation sites (tertiary alicyclic amines) is 1. The van der Waals surface area contributed by atoms with Gasteiger partial charge in [0.2, 0.25) is 0 Å². The molecule has 2 amide bonds. The normalized spacial score (nSPS) is 17.6. The molecule has 3 rings (SSSR count). The molecule has 7 heteroatoms. The molecule has 7 nitrogen and oxygen atoms in total. The van der Waals surface area contributed by atoms with E-state index in [0.29, 0.717) is 6.54 Å². The van der Waals surface area contributed by atoms with Gasteiger partial charge in [-0.25, -0.2) is 4.79 Å². The third-order valence-corrected chi connectivity index (χ3v) is 4.39. The number of nitrogens with one attached hydrogen (secondary N) is 1. The van der Waals surface area contributed by atoms with E-state index in [4.69, 9.17) is 4.74 Å². The zero-order valence-electron chi connectivity index (χ0n) is 14.1. The lowest BCUT2D eigenvalue weighted by molar-refractivity contribution is 0.145. The Morgan fingerprint density at radius 2 is 2.29 bits per heavy atom. The molecule has 0 aliphatic carbocycles. The second-order valence-electron chi connectivity index (χ2n) is 6.02. The number of rotatable bonds is 4. The molecule has 0 radical (unpaired) electrons. The number of nitrogens with zero attached hydrogens (tertiary/aromatic N) is 4. The fourth-order valence-corrected chi connectivity index (χ4v) is 3.10. The van der Waals surface area contributed by atoms with E-state index in [0.717, 1.165) is 42.9 Å². The van der Waals surface area contributed by atoms with Crippen LogP contribution in [0, 0.1) is 0 Å². The highest BCUT2D eigenvalue weighted by Crippen LogP contribution is 2.29. The van der Waals surface area contributed by atoms with Gasteiger partial charge in [-0.2, -0.15) is 0 Å². The minimum atomic E-state index is -0.0643. The summed E-state index contributed by atoms with van der Waals surface area (Å²) in [5.74, 6) is 1.63. The number of amides is 2. The van der Waals surface area contributed by atoms with E-state index in [1.54, 1.807) is 13.4 Å². The number of aryl methyl sites for hydroxylation is 1.